The standard InChI is InChI=1S/C19H32N4/c1-3-16(2)17-8-10-18(11-9-17)22-19(20)21-12-4-5-13-23-14-6-7-15-23/h8-11,16H,3-7,12-15H2,1-2H3,(H3,20,21,22). The van der Waals surface area contributed by atoms with Crippen LogP contribution in [-0.4, -0.2) is 37.0 Å². The van der Waals surface area contributed by atoms with Crippen LogP contribution >= 0.6 is 0 Å². The van der Waals surface area contributed by atoms with Gasteiger partial charge in [0.1, 0.15) is 0 Å². The van der Waals surface area contributed by atoms with Crippen molar-refractivity contribution in [3.63, 3.8) is 0 Å². The Morgan fingerprint density at radius 3 is 2.57 bits per heavy atom. The van der Waals surface area contributed by atoms with Gasteiger partial charge < -0.3 is 16.0 Å². The molecule has 1 aromatic carbocycles. The molecule has 0 aromatic heterocycles. The maximum absolute atomic E-state index is 5.96. The van der Waals surface area contributed by atoms with Gasteiger partial charge in [0.2, 0.25) is 0 Å². The number of nitrogens with one attached hydrogen (secondary N) is 1. The lowest BCUT2D eigenvalue weighted by atomic mass is 9.99. The van der Waals surface area contributed by atoms with Gasteiger partial charge in [-0.3, -0.25) is 4.99 Å². The molecular formula is C19H32N4. The molecule has 23 heavy (non-hydrogen) atoms. The lowest BCUT2D eigenvalue weighted by Crippen LogP contribution is -2.23. The van der Waals surface area contributed by atoms with Crippen molar-refractivity contribution in [1.82, 2.24) is 4.90 Å². The van der Waals surface area contributed by atoms with Crippen LogP contribution in [0.2, 0.25) is 0 Å². The topological polar surface area (TPSA) is 53.6 Å². The van der Waals surface area contributed by atoms with Gasteiger partial charge in [-0.25, -0.2) is 0 Å². The van der Waals surface area contributed by atoms with E-state index in [4.69, 9.17) is 5.73 Å². The molecule has 0 saturated carbocycles. The molecule has 2 rings (SSSR count). The van der Waals surface area contributed by atoms with Crippen LogP contribution in [0.5, 0.6) is 0 Å². The summed E-state index contributed by atoms with van der Waals surface area (Å²) in [6.45, 7) is 9.03. The molecule has 0 aliphatic carbocycles. The second-order valence-electron chi connectivity index (χ2n) is 6.58. The Bertz CT molecular complexity index is 475. The lowest BCUT2D eigenvalue weighted by Gasteiger charge is -2.13. The first-order chi connectivity index (χ1) is 11.2. The number of rotatable bonds is 8. The van der Waals surface area contributed by atoms with Gasteiger partial charge in [-0.15, -0.1) is 0 Å². The number of aliphatic imine (C=N–C) groups is 1. The summed E-state index contributed by atoms with van der Waals surface area (Å²) < 4.78 is 0. The fourth-order valence-electron chi connectivity index (χ4n) is 2.97. The summed E-state index contributed by atoms with van der Waals surface area (Å²) in [6.07, 6.45) is 6.20. The molecule has 0 bridgehead atoms. The number of anilines is 1. The van der Waals surface area contributed by atoms with Gasteiger partial charge in [0, 0.05) is 12.2 Å². The quantitative estimate of drug-likeness (QED) is 0.436. The summed E-state index contributed by atoms with van der Waals surface area (Å²) in [5.41, 5.74) is 8.34. The van der Waals surface area contributed by atoms with Crippen LogP contribution in [0.1, 0.15) is 57.4 Å². The third kappa shape index (κ3) is 6.22. The van der Waals surface area contributed by atoms with Gasteiger partial charge in [0.25, 0.3) is 0 Å². The van der Waals surface area contributed by atoms with E-state index in [1.165, 1.54) is 44.5 Å². The van der Waals surface area contributed by atoms with Crippen LogP contribution in [-0.2, 0) is 0 Å². The van der Waals surface area contributed by atoms with Crippen LogP contribution in [0.25, 0.3) is 0 Å². The highest BCUT2D eigenvalue weighted by Crippen LogP contribution is 2.20. The van der Waals surface area contributed by atoms with Crippen molar-refractivity contribution in [2.75, 3.05) is 31.5 Å². The second-order valence-corrected chi connectivity index (χ2v) is 6.58. The van der Waals surface area contributed by atoms with E-state index in [2.05, 4.69) is 53.3 Å². The van der Waals surface area contributed by atoms with Gasteiger partial charge >= 0.3 is 0 Å². The van der Waals surface area contributed by atoms with Gasteiger partial charge in [-0.2, -0.15) is 0 Å². The third-order valence-electron chi connectivity index (χ3n) is 4.73. The first-order valence-electron chi connectivity index (χ1n) is 9.08. The van der Waals surface area contributed by atoms with Crippen molar-refractivity contribution in [2.45, 2.75) is 51.9 Å². The number of guanidine groups is 1. The van der Waals surface area contributed by atoms with Crippen molar-refractivity contribution in [1.29, 1.82) is 0 Å². The first-order valence-corrected chi connectivity index (χ1v) is 9.08. The maximum atomic E-state index is 5.96. The molecule has 4 heteroatoms. The molecule has 3 N–H and O–H groups in total. The van der Waals surface area contributed by atoms with Crippen molar-refractivity contribution in [3.05, 3.63) is 29.8 Å². The summed E-state index contributed by atoms with van der Waals surface area (Å²) >= 11 is 0. The zero-order chi connectivity index (χ0) is 16.5. The smallest absolute Gasteiger partial charge is 0.193 e. The van der Waals surface area contributed by atoms with Gasteiger partial charge in [-0.1, -0.05) is 26.0 Å². The molecule has 0 spiro atoms. The number of likely N-dealkylation sites (tertiary alicyclic amines) is 1. The molecule has 0 radical (unpaired) electrons. The van der Waals surface area contributed by atoms with Crippen molar-refractivity contribution in [2.24, 2.45) is 10.7 Å². The molecule has 1 aromatic rings. The first kappa shape index (κ1) is 17.8. The van der Waals surface area contributed by atoms with Gasteiger partial charge in [0.15, 0.2) is 5.96 Å². The minimum atomic E-state index is 0.516. The average Bonchev–Trinajstić information content (AvgIpc) is 3.08. The van der Waals surface area contributed by atoms with Gasteiger partial charge in [0.05, 0.1) is 0 Å². The normalized spacial score (nSPS) is 17.4. The number of nitrogens with zero attached hydrogens (tertiary/aromatic N) is 2. The monoisotopic (exact) mass is 316 g/mol. The number of benzene rings is 1. The number of nitrogens with two attached hydrogens (primary N) is 1. The highest BCUT2D eigenvalue weighted by molar-refractivity contribution is 5.92. The molecule has 1 aliphatic heterocycles. The van der Waals surface area contributed by atoms with E-state index in [1.807, 2.05) is 0 Å². The summed E-state index contributed by atoms with van der Waals surface area (Å²) in [6, 6.07) is 8.49. The zero-order valence-electron chi connectivity index (χ0n) is 14.7. The van der Waals surface area contributed by atoms with Crippen LogP contribution in [0.15, 0.2) is 29.3 Å². The highest BCUT2D eigenvalue weighted by Gasteiger charge is 2.09. The number of hydrogen-bond acceptors (Lipinski definition) is 2. The number of hydrogen-bond donors (Lipinski definition) is 2. The molecule has 1 aliphatic rings. The van der Waals surface area contributed by atoms with Crippen LogP contribution in [0.4, 0.5) is 5.69 Å². The van der Waals surface area contributed by atoms with Gasteiger partial charge in [-0.05, 0) is 75.4 Å². The Labute approximate surface area is 141 Å². The Hall–Kier alpha value is -1.55. The highest BCUT2D eigenvalue weighted by atomic mass is 15.1. The molecular weight excluding hydrogens is 284 g/mol. The Balaban J connectivity index is 1.67. The van der Waals surface area contributed by atoms with Crippen molar-refractivity contribution >= 4 is 11.6 Å². The number of unbranched alkanes of at least 4 members (excludes halogenated alkanes) is 1. The minimum absolute atomic E-state index is 0.516. The molecule has 1 fully saturated rings. The summed E-state index contributed by atoms with van der Waals surface area (Å²) in [7, 11) is 0. The molecule has 4 nitrogen and oxygen atoms in total. The SMILES string of the molecule is CCC(C)c1ccc(NC(N)=NCCCCN2CCCC2)cc1. The average molecular weight is 316 g/mol. The maximum Gasteiger partial charge on any atom is 0.193 e. The van der Waals surface area contributed by atoms with E-state index in [0.29, 0.717) is 11.9 Å². The van der Waals surface area contributed by atoms with E-state index in [1.54, 1.807) is 0 Å². The fraction of sp³-hybridized carbons (Fsp3) is 0.632. The van der Waals surface area contributed by atoms with Crippen LogP contribution in [0, 0.1) is 0 Å². The lowest BCUT2D eigenvalue weighted by molar-refractivity contribution is 0.331. The van der Waals surface area contributed by atoms with E-state index in [0.717, 1.165) is 25.1 Å². The van der Waals surface area contributed by atoms with Crippen molar-refractivity contribution in [3.8, 4) is 0 Å². The predicted molar refractivity (Wildman–Crippen MR) is 100 cm³/mol. The fourth-order valence-corrected chi connectivity index (χ4v) is 2.97. The summed E-state index contributed by atoms with van der Waals surface area (Å²) in [5.74, 6) is 1.12. The summed E-state index contributed by atoms with van der Waals surface area (Å²) in [5, 5.41) is 3.18. The van der Waals surface area contributed by atoms with E-state index < -0.39 is 0 Å². The minimum Gasteiger partial charge on any atom is -0.370 e. The largest absolute Gasteiger partial charge is 0.370 e. The Morgan fingerprint density at radius 1 is 1.22 bits per heavy atom. The van der Waals surface area contributed by atoms with Crippen molar-refractivity contribution < 1.29 is 0 Å². The molecule has 128 valence electrons. The van der Waals surface area contributed by atoms with Crippen LogP contribution < -0.4 is 11.1 Å². The Kier molecular flexibility index (Phi) is 7.40. The molecule has 1 unspecified atom stereocenters. The molecule has 1 saturated heterocycles. The second kappa shape index (κ2) is 9.56. The van der Waals surface area contributed by atoms with E-state index >= 15 is 0 Å². The van der Waals surface area contributed by atoms with E-state index in [-0.39, 0.29) is 0 Å². The summed E-state index contributed by atoms with van der Waals surface area (Å²) in [4.78, 5) is 6.97. The molecule has 1 heterocycles. The predicted octanol–water partition coefficient (Wildman–Crippen LogP) is 3.80. The third-order valence-corrected chi connectivity index (χ3v) is 4.73. The van der Waals surface area contributed by atoms with E-state index in [9.17, 15) is 0 Å². The molecule has 0 amide bonds. The molecule has 1 atom stereocenters. The van der Waals surface area contributed by atoms with Crippen LogP contribution in [0.3, 0.4) is 0 Å². The zero-order valence-corrected chi connectivity index (χ0v) is 14.7. The Morgan fingerprint density at radius 2 is 1.91 bits per heavy atom.